The third kappa shape index (κ3) is 2.49. The molecule has 0 aliphatic rings. The molecule has 0 aliphatic carbocycles. The summed E-state index contributed by atoms with van der Waals surface area (Å²) in [6.45, 7) is 8.79. The Morgan fingerprint density at radius 2 is 2.00 bits per heavy atom. The van der Waals surface area contributed by atoms with Crippen LogP contribution in [0.4, 0.5) is 5.95 Å². The van der Waals surface area contributed by atoms with Gasteiger partial charge >= 0.3 is 0 Å². The third-order valence-electron chi connectivity index (χ3n) is 3.18. The normalized spacial score (nSPS) is 11.2. The molecule has 0 saturated carbocycles. The van der Waals surface area contributed by atoms with Crippen molar-refractivity contribution in [3.8, 4) is 5.82 Å². The van der Waals surface area contributed by atoms with Crippen molar-refractivity contribution in [1.29, 1.82) is 0 Å². The molecule has 0 radical (unpaired) electrons. The van der Waals surface area contributed by atoms with Gasteiger partial charge in [-0.15, -0.1) is 16.4 Å². The van der Waals surface area contributed by atoms with Gasteiger partial charge in [-0.05, 0) is 33.3 Å². The second-order valence-corrected chi connectivity index (χ2v) is 5.92. The van der Waals surface area contributed by atoms with Crippen molar-refractivity contribution >= 4 is 27.5 Å². The van der Waals surface area contributed by atoms with Crippen molar-refractivity contribution in [3.63, 3.8) is 0 Å². The highest BCUT2D eigenvalue weighted by atomic mass is 32.1. The highest BCUT2D eigenvalue weighted by molar-refractivity contribution is 7.18. The maximum atomic E-state index is 4.63. The lowest BCUT2D eigenvalue weighted by molar-refractivity contribution is 0.808. The Morgan fingerprint density at radius 3 is 2.62 bits per heavy atom. The van der Waals surface area contributed by atoms with Gasteiger partial charge in [-0.1, -0.05) is 6.92 Å². The van der Waals surface area contributed by atoms with Crippen molar-refractivity contribution in [3.05, 3.63) is 22.6 Å². The first kappa shape index (κ1) is 13.9. The summed E-state index contributed by atoms with van der Waals surface area (Å²) < 4.78 is 1.80. The van der Waals surface area contributed by atoms with E-state index in [0.29, 0.717) is 5.95 Å². The van der Waals surface area contributed by atoms with Crippen LogP contribution in [0.5, 0.6) is 0 Å². The van der Waals surface area contributed by atoms with Crippen LogP contribution in [0.25, 0.3) is 16.0 Å². The van der Waals surface area contributed by atoms with Gasteiger partial charge in [-0.25, -0.2) is 9.97 Å². The average Bonchev–Trinajstić information content (AvgIpc) is 3.01. The second kappa shape index (κ2) is 5.40. The Bertz CT molecular complexity index is 788. The summed E-state index contributed by atoms with van der Waals surface area (Å²) in [6, 6.07) is 2.15. The molecule has 0 unspecified atom stereocenters. The van der Waals surface area contributed by atoms with Crippen molar-refractivity contribution in [2.24, 2.45) is 0 Å². The Morgan fingerprint density at radius 1 is 1.19 bits per heavy atom. The molecule has 0 spiro atoms. The summed E-state index contributed by atoms with van der Waals surface area (Å²) >= 11 is 1.71. The predicted molar refractivity (Wildman–Crippen MR) is 85.3 cm³/mol. The first-order chi connectivity index (χ1) is 10.1. The van der Waals surface area contributed by atoms with Gasteiger partial charge in [0.25, 0.3) is 0 Å². The number of aromatic nitrogens is 5. The largest absolute Gasteiger partial charge is 0.354 e. The maximum absolute atomic E-state index is 4.63. The van der Waals surface area contributed by atoms with Gasteiger partial charge in [-0.2, -0.15) is 9.67 Å². The number of anilines is 1. The molecule has 3 rings (SSSR count). The Labute approximate surface area is 127 Å². The van der Waals surface area contributed by atoms with Crippen LogP contribution in [0.3, 0.4) is 0 Å². The summed E-state index contributed by atoms with van der Waals surface area (Å²) in [5, 5.41) is 8.68. The van der Waals surface area contributed by atoms with Gasteiger partial charge in [0.1, 0.15) is 16.5 Å². The molecule has 3 aromatic rings. The van der Waals surface area contributed by atoms with Crippen molar-refractivity contribution in [2.75, 3.05) is 11.9 Å². The first-order valence-electron chi connectivity index (χ1n) is 7.07. The van der Waals surface area contributed by atoms with E-state index in [4.69, 9.17) is 0 Å². The molecule has 0 aromatic carbocycles. The molecule has 110 valence electrons. The van der Waals surface area contributed by atoms with Crippen molar-refractivity contribution < 1.29 is 0 Å². The molecular weight excluding hydrogens is 284 g/mol. The quantitative estimate of drug-likeness (QED) is 0.802. The van der Waals surface area contributed by atoms with E-state index in [2.05, 4.69) is 38.4 Å². The number of aryl methyl sites for hydroxylation is 3. The molecule has 0 saturated heterocycles. The molecular formula is C14H18N6S. The minimum Gasteiger partial charge on any atom is -0.354 e. The van der Waals surface area contributed by atoms with Crippen LogP contribution in [0, 0.1) is 13.8 Å². The monoisotopic (exact) mass is 302 g/mol. The number of fused-ring (bicyclic) bond motifs is 1. The number of hydrogen-bond donors (Lipinski definition) is 1. The summed E-state index contributed by atoms with van der Waals surface area (Å²) in [6.07, 6.45) is 0.992. The lowest BCUT2D eigenvalue weighted by Gasteiger charge is -2.07. The Hall–Kier alpha value is -2.02. The smallest absolute Gasteiger partial charge is 0.226 e. The lowest BCUT2D eigenvalue weighted by Crippen LogP contribution is -2.08. The predicted octanol–water partition coefficient (Wildman–Crippen LogP) is 2.88. The summed E-state index contributed by atoms with van der Waals surface area (Å²) in [7, 11) is 0. The number of nitrogens with zero attached hydrogens (tertiary/aromatic N) is 5. The number of thiophene rings is 1. The van der Waals surface area contributed by atoms with Gasteiger partial charge in [0.2, 0.25) is 5.95 Å². The van der Waals surface area contributed by atoms with Crippen molar-refractivity contribution in [1.82, 2.24) is 24.7 Å². The van der Waals surface area contributed by atoms with Gasteiger partial charge in [0, 0.05) is 11.4 Å². The van der Waals surface area contributed by atoms with E-state index in [1.807, 2.05) is 20.8 Å². The van der Waals surface area contributed by atoms with Gasteiger partial charge < -0.3 is 5.32 Å². The van der Waals surface area contributed by atoms with Gasteiger partial charge in [0.15, 0.2) is 5.82 Å². The summed E-state index contributed by atoms with van der Waals surface area (Å²) in [5.41, 5.74) is 0. The maximum Gasteiger partial charge on any atom is 0.226 e. The van der Waals surface area contributed by atoms with Gasteiger partial charge in [-0.3, -0.25) is 0 Å². The van der Waals surface area contributed by atoms with Crippen LogP contribution >= 0.6 is 11.3 Å². The van der Waals surface area contributed by atoms with Crippen molar-refractivity contribution in [2.45, 2.75) is 34.1 Å². The summed E-state index contributed by atoms with van der Waals surface area (Å²) in [5.74, 6) is 3.01. The molecule has 3 aromatic heterocycles. The Kier molecular flexibility index (Phi) is 3.59. The molecule has 0 amide bonds. The number of rotatable bonds is 4. The van der Waals surface area contributed by atoms with E-state index >= 15 is 0 Å². The molecule has 3 heterocycles. The molecule has 0 bridgehead atoms. The average molecular weight is 302 g/mol. The fourth-order valence-corrected chi connectivity index (χ4v) is 3.21. The molecule has 6 nitrogen and oxygen atoms in total. The van der Waals surface area contributed by atoms with Crippen LogP contribution in [0.15, 0.2) is 6.07 Å². The SMILES string of the molecule is CCNc1nc(-n2nc(C)nc2C)c2cc(CC)sc2n1. The first-order valence-corrected chi connectivity index (χ1v) is 7.89. The van der Waals surface area contributed by atoms with E-state index in [-0.39, 0.29) is 0 Å². The second-order valence-electron chi connectivity index (χ2n) is 4.80. The third-order valence-corrected chi connectivity index (χ3v) is 4.36. The zero-order valence-electron chi connectivity index (χ0n) is 12.6. The topological polar surface area (TPSA) is 68.5 Å². The van der Waals surface area contributed by atoms with E-state index in [1.54, 1.807) is 16.0 Å². The molecule has 0 atom stereocenters. The fourth-order valence-electron chi connectivity index (χ4n) is 2.25. The molecule has 0 aliphatic heterocycles. The number of hydrogen-bond acceptors (Lipinski definition) is 6. The lowest BCUT2D eigenvalue weighted by atomic mass is 10.3. The van der Waals surface area contributed by atoms with Crippen LogP contribution in [-0.4, -0.2) is 31.3 Å². The van der Waals surface area contributed by atoms with E-state index < -0.39 is 0 Å². The zero-order valence-corrected chi connectivity index (χ0v) is 13.5. The van der Waals surface area contributed by atoms with Crippen LogP contribution < -0.4 is 5.32 Å². The van der Waals surface area contributed by atoms with E-state index in [1.165, 1.54) is 4.88 Å². The van der Waals surface area contributed by atoms with Crippen LogP contribution in [0.2, 0.25) is 0 Å². The summed E-state index contributed by atoms with van der Waals surface area (Å²) in [4.78, 5) is 15.9. The number of nitrogens with one attached hydrogen (secondary N) is 1. The molecule has 21 heavy (non-hydrogen) atoms. The molecule has 7 heteroatoms. The Balaban J connectivity index is 2.27. The standard InChI is InChI=1S/C14H18N6S/c1-5-10-7-11-12(20-9(4)16-8(3)19-20)17-14(15-6-2)18-13(11)21-10/h7H,5-6H2,1-4H3,(H,15,17,18). The minimum absolute atomic E-state index is 0.636. The minimum atomic E-state index is 0.636. The highest BCUT2D eigenvalue weighted by Gasteiger charge is 2.15. The van der Waals surface area contributed by atoms with Crippen LogP contribution in [0.1, 0.15) is 30.4 Å². The molecule has 0 fully saturated rings. The highest BCUT2D eigenvalue weighted by Crippen LogP contribution is 2.29. The van der Waals surface area contributed by atoms with Crippen LogP contribution in [-0.2, 0) is 6.42 Å². The van der Waals surface area contributed by atoms with Gasteiger partial charge in [0.05, 0.1) is 5.39 Å². The fraction of sp³-hybridized carbons (Fsp3) is 0.429. The molecule has 1 N–H and O–H groups in total. The van der Waals surface area contributed by atoms with E-state index in [0.717, 1.165) is 40.6 Å². The zero-order chi connectivity index (χ0) is 15.0. The van der Waals surface area contributed by atoms with E-state index in [9.17, 15) is 0 Å².